The third-order valence-electron chi connectivity index (χ3n) is 3.13. The molecule has 23 heavy (non-hydrogen) atoms. The Bertz CT molecular complexity index is 810. The molecule has 0 spiro atoms. The van der Waals surface area contributed by atoms with E-state index >= 15 is 0 Å². The van der Waals surface area contributed by atoms with Gasteiger partial charge in [-0.1, -0.05) is 54.3 Å². The Morgan fingerprint density at radius 2 is 2.00 bits per heavy atom. The summed E-state index contributed by atoms with van der Waals surface area (Å²) in [6.07, 6.45) is 1.58. The van der Waals surface area contributed by atoms with E-state index in [-0.39, 0.29) is 4.32 Å². The third-order valence-corrected chi connectivity index (χ3v) is 4.50. The summed E-state index contributed by atoms with van der Waals surface area (Å²) in [7, 11) is 0. The normalized spacial score (nSPS) is 16.3. The maximum atomic E-state index is 12.2. The highest BCUT2D eigenvalue weighted by Gasteiger charge is 2.33. The molecule has 0 saturated carbocycles. The Morgan fingerprint density at radius 3 is 2.70 bits per heavy atom. The summed E-state index contributed by atoms with van der Waals surface area (Å²) in [5.74, 6) is -0.315. The van der Waals surface area contributed by atoms with Crippen LogP contribution in [0.2, 0.25) is 0 Å². The summed E-state index contributed by atoms with van der Waals surface area (Å²) in [6, 6.07) is 13.2. The number of carbonyl (C=O) groups excluding carboxylic acids is 1. The number of benzene rings is 1. The Hall–Kier alpha value is -2.38. The number of carboxylic acid groups (broad SMARTS) is 1. The number of hydrogen-bond donors (Lipinski definition) is 1. The fourth-order valence-corrected chi connectivity index (χ4v) is 3.32. The maximum Gasteiger partial charge on any atom is 0.323 e. The molecule has 0 atom stereocenters. The molecule has 1 aromatic carbocycles. The van der Waals surface area contributed by atoms with Crippen LogP contribution in [0.15, 0.2) is 51.8 Å². The lowest BCUT2D eigenvalue weighted by molar-refractivity contribution is -0.140. The highest BCUT2D eigenvalue weighted by atomic mass is 32.2. The van der Waals surface area contributed by atoms with Gasteiger partial charge in [-0.25, -0.2) is 0 Å². The van der Waals surface area contributed by atoms with Crippen molar-refractivity contribution in [3.63, 3.8) is 0 Å². The Balaban J connectivity index is 1.83. The van der Waals surface area contributed by atoms with Gasteiger partial charge < -0.3 is 9.52 Å². The fourth-order valence-electron chi connectivity index (χ4n) is 2.09. The number of amides is 1. The second-order valence-electron chi connectivity index (χ2n) is 4.73. The molecule has 1 amide bonds. The van der Waals surface area contributed by atoms with E-state index in [9.17, 15) is 9.59 Å². The SMILES string of the molecule is O=C(O)CN1C(=O)/C(=C/c2ccc(-c3ccccc3)o2)SC1=S. The molecule has 2 aromatic rings. The highest BCUT2D eigenvalue weighted by Crippen LogP contribution is 2.33. The van der Waals surface area contributed by atoms with Gasteiger partial charge in [-0.3, -0.25) is 14.5 Å². The van der Waals surface area contributed by atoms with Crippen molar-refractivity contribution < 1.29 is 19.1 Å². The minimum absolute atomic E-state index is 0.235. The van der Waals surface area contributed by atoms with Crippen LogP contribution in [0.4, 0.5) is 0 Å². The average molecular weight is 345 g/mol. The van der Waals surface area contributed by atoms with Gasteiger partial charge in [0.2, 0.25) is 0 Å². The molecule has 0 aliphatic carbocycles. The molecule has 7 heteroatoms. The van der Waals surface area contributed by atoms with Crippen LogP contribution in [0.5, 0.6) is 0 Å². The van der Waals surface area contributed by atoms with Crippen molar-refractivity contribution in [1.29, 1.82) is 0 Å². The number of furan rings is 1. The standard InChI is InChI=1S/C16H11NO4S2/c18-14(19)9-17-15(20)13(23-16(17)22)8-11-6-7-12(21-11)10-4-2-1-3-5-10/h1-8H,9H2,(H,18,19)/b13-8-. The van der Waals surface area contributed by atoms with Crippen molar-refractivity contribution in [2.45, 2.75) is 0 Å². The number of carbonyl (C=O) groups is 2. The number of carboxylic acids is 1. The lowest BCUT2D eigenvalue weighted by Gasteiger charge is -2.09. The van der Waals surface area contributed by atoms with Crippen molar-refractivity contribution >= 4 is 46.3 Å². The number of thioether (sulfide) groups is 1. The number of aliphatic carboxylic acids is 1. The van der Waals surface area contributed by atoms with Gasteiger partial charge in [0.1, 0.15) is 22.4 Å². The molecule has 5 nitrogen and oxygen atoms in total. The molecule has 0 unspecified atom stereocenters. The largest absolute Gasteiger partial charge is 0.480 e. The van der Waals surface area contributed by atoms with Crippen LogP contribution in [0.3, 0.4) is 0 Å². The average Bonchev–Trinajstić information content (AvgIpc) is 3.09. The van der Waals surface area contributed by atoms with Gasteiger partial charge in [-0.05, 0) is 12.1 Å². The molecule has 2 heterocycles. The van der Waals surface area contributed by atoms with Gasteiger partial charge in [-0.2, -0.15) is 0 Å². The van der Waals surface area contributed by atoms with Crippen molar-refractivity contribution in [3.8, 4) is 11.3 Å². The van der Waals surface area contributed by atoms with Crippen LogP contribution in [0, 0.1) is 0 Å². The van der Waals surface area contributed by atoms with Crippen molar-refractivity contribution in [3.05, 3.63) is 53.1 Å². The Kier molecular flexibility index (Phi) is 4.31. The maximum absolute atomic E-state index is 12.2. The molecular formula is C16H11NO4S2. The minimum atomic E-state index is -1.10. The molecular weight excluding hydrogens is 334 g/mol. The summed E-state index contributed by atoms with van der Waals surface area (Å²) in [5, 5.41) is 8.81. The molecule has 1 saturated heterocycles. The van der Waals surface area contributed by atoms with E-state index < -0.39 is 18.4 Å². The number of hydrogen-bond acceptors (Lipinski definition) is 5. The zero-order valence-corrected chi connectivity index (χ0v) is 13.4. The molecule has 1 N–H and O–H groups in total. The van der Waals surface area contributed by atoms with Gasteiger partial charge in [0, 0.05) is 11.6 Å². The van der Waals surface area contributed by atoms with Gasteiger partial charge in [-0.15, -0.1) is 0 Å². The molecule has 1 aliphatic heterocycles. The van der Waals surface area contributed by atoms with Crippen LogP contribution >= 0.6 is 24.0 Å². The topological polar surface area (TPSA) is 70.8 Å². The molecule has 1 aromatic heterocycles. The lowest BCUT2D eigenvalue weighted by atomic mass is 10.2. The van der Waals surface area contributed by atoms with Crippen LogP contribution in [-0.4, -0.2) is 32.7 Å². The van der Waals surface area contributed by atoms with E-state index in [2.05, 4.69) is 0 Å². The molecule has 0 bridgehead atoms. The minimum Gasteiger partial charge on any atom is -0.480 e. The van der Waals surface area contributed by atoms with E-state index in [1.165, 1.54) is 0 Å². The number of nitrogens with zero attached hydrogens (tertiary/aromatic N) is 1. The first-order valence-corrected chi connectivity index (χ1v) is 7.89. The Morgan fingerprint density at radius 1 is 1.26 bits per heavy atom. The van der Waals surface area contributed by atoms with E-state index in [0.717, 1.165) is 22.2 Å². The first kappa shape index (κ1) is 15.5. The second kappa shape index (κ2) is 6.39. The zero-order chi connectivity index (χ0) is 16.4. The van der Waals surface area contributed by atoms with Crippen molar-refractivity contribution in [2.24, 2.45) is 0 Å². The fraction of sp³-hybridized carbons (Fsp3) is 0.0625. The molecule has 0 radical (unpaired) electrons. The van der Waals surface area contributed by atoms with E-state index in [1.54, 1.807) is 12.1 Å². The first-order chi connectivity index (χ1) is 11.0. The monoisotopic (exact) mass is 345 g/mol. The summed E-state index contributed by atoms with van der Waals surface area (Å²) in [4.78, 5) is 24.4. The quantitative estimate of drug-likeness (QED) is 0.678. The van der Waals surface area contributed by atoms with E-state index in [4.69, 9.17) is 21.7 Å². The third kappa shape index (κ3) is 3.35. The van der Waals surface area contributed by atoms with Crippen LogP contribution in [0.25, 0.3) is 17.4 Å². The summed E-state index contributed by atoms with van der Waals surface area (Å²) in [6.45, 7) is -0.435. The Labute approximate surface area is 141 Å². The van der Waals surface area contributed by atoms with Crippen LogP contribution in [-0.2, 0) is 9.59 Å². The zero-order valence-electron chi connectivity index (χ0n) is 11.8. The number of thiocarbonyl (C=S) groups is 1. The van der Waals surface area contributed by atoms with Crippen LogP contribution in [0.1, 0.15) is 5.76 Å². The van der Waals surface area contributed by atoms with Gasteiger partial charge in [0.15, 0.2) is 0 Å². The molecule has 1 fully saturated rings. The van der Waals surface area contributed by atoms with Gasteiger partial charge >= 0.3 is 5.97 Å². The predicted octanol–water partition coefficient (Wildman–Crippen LogP) is 3.23. The smallest absolute Gasteiger partial charge is 0.323 e. The summed E-state index contributed by atoms with van der Waals surface area (Å²) >= 11 is 6.11. The highest BCUT2D eigenvalue weighted by molar-refractivity contribution is 8.26. The summed E-state index contributed by atoms with van der Waals surface area (Å²) in [5.41, 5.74) is 0.936. The predicted molar refractivity (Wildman–Crippen MR) is 91.7 cm³/mol. The molecule has 3 rings (SSSR count). The van der Waals surface area contributed by atoms with Crippen LogP contribution < -0.4 is 0 Å². The first-order valence-electron chi connectivity index (χ1n) is 6.67. The number of rotatable bonds is 4. The second-order valence-corrected chi connectivity index (χ2v) is 6.41. The lowest BCUT2D eigenvalue weighted by Crippen LogP contribution is -2.33. The van der Waals surface area contributed by atoms with Gasteiger partial charge in [0.25, 0.3) is 5.91 Å². The van der Waals surface area contributed by atoms with E-state index in [1.807, 2.05) is 36.4 Å². The van der Waals surface area contributed by atoms with Crippen molar-refractivity contribution in [1.82, 2.24) is 4.90 Å². The van der Waals surface area contributed by atoms with Crippen molar-refractivity contribution in [2.75, 3.05) is 6.54 Å². The summed E-state index contributed by atoms with van der Waals surface area (Å²) < 4.78 is 5.95. The molecule has 116 valence electrons. The van der Waals surface area contributed by atoms with E-state index in [0.29, 0.717) is 16.4 Å². The van der Waals surface area contributed by atoms with Gasteiger partial charge in [0.05, 0.1) is 4.91 Å². The molecule has 1 aliphatic rings.